The molecule has 0 aliphatic rings. The first-order valence-corrected chi connectivity index (χ1v) is 7.52. The fraction of sp³-hybridized carbons (Fsp3) is 0.176. The first-order chi connectivity index (χ1) is 11.0. The minimum absolute atomic E-state index is 0.316. The second-order valence-corrected chi connectivity index (χ2v) is 5.89. The summed E-state index contributed by atoms with van der Waals surface area (Å²) in [6.45, 7) is 0.426. The van der Waals surface area contributed by atoms with Crippen LogP contribution in [0.5, 0.6) is 0 Å². The van der Waals surface area contributed by atoms with Gasteiger partial charge in [-0.2, -0.15) is 5.10 Å². The SMILES string of the molecule is CN(C)/C=N\c1nn(Cc2cccc(Cl)c2)c2c(F)cccc12. The second-order valence-electron chi connectivity index (χ2n) is 5.46. The Morgan fingerprint density at radius 1 is 1.26 bits per heavy atom. The van der Waals surface area contributed by atoms with Crippen LogP contribution in [-0.4, -0.2) is 35.1 Å². The lowest BCUT2D eigenvalue weighted by Crippen LogP contribution is -2.07. The standard InChI is InChI=1S/C17H16ClFN4/c1-22(2)11-20-17-14-7-4-8-15(19)16(14)23(21-17)10-12-5-3-6-13(18)9-12/h3-9,11H,10H2,1-2H3/b20-11-. The molecular formula is C17H16ClFN4. The van der Waals surface area contributed by atoms with Crippen LogP contribution in [0.4, 0.5) is 10.2 Å². The highest BCUT2D eigenvalue weighted by Crippen LogP contribution is 2.28. The van der Waals surface area contributed by atoms with Crippen molar-refractivity contribution in [1.29, 1.82) is 0 Å². The van der Waals surface area contributed by atoms with E-state index in [2.05, 4.69) is 10.1 Å². The number of rotatable bonds is 4. The van der Waals surface area contributed by atoms with Gasteiger partial charge in [0.1, 0.15) is 11.3 Å². The minimum atomic E-state index is -0.316. The smallest absolute Gasteiger partial charge is 0.183 e. The fourth-order valence-corrected chi connectivity index (χ4v) is 2.58. The molecule has 0 amide bonds. The molecule has 6 heteroatoms. The zero-order valence-corrected chi connectivity index (χ0v) is 13.6. The van der Waals surface area contributed by atoms with Crippen LogP contribution in [0.2, 0.25) is 5.02 Å². The van der Waals surface area contributed by atoms with E-state index in [4.69, 9.17) is 11.6 Å². The van der Waals surface area contributed by atoms with Crippen molar-refractivity contribution < 1.29 is 4.39 Å². The average molecular weight is 331 g/mol. The Labute approximate surface area is 138 Å². The second kappa shape index (κ2) is 6.38. The maximum Gasteiger partial charge on any atom is 0.183 e. The van der Waals surface area contributed by atoms with E-state index in [1.165, 1.54) is 6.07 Å². The molecule has 0 saturated carbocycles. The number of nitrogens with zero attached hydrogens (tertiary/aromatic N) is 4. The predicted octanol–water partition coefficient (Wildman–Crippen LogP) is 4.10. The molecule has 0 aliphatic carbocycles. The van der Waals surface area contributed by atoms with Gasteiger partial charge in [0.15, 0.2) is 5.82 Å². The van der Waals surface area contributed by atoms with Gasteiger partial charge in [-0.3, -0.25) is 4.68 Å². The van der Waals surface area contributed by atoms with Gasteiger partial charge in [0.25, 0.3) is 0 Å². The highest BCUT2D eigenvalue weighted by Gasteiger charge is 2.14. The van der Waals surface area contributed by atoms with Gasteiger partial charge in [-0.15, -0.1) is 0 Å². The van der Waals surface area contributed by atoms with Gasteiger partial charge in [0, 0.05) is 24.5 Å². The Morgan fingerprint density at radius 2 is 2.04 bits per heavy atom. The monoisotopic (exact) mass is 330 g/mol. The Morgan fingerprint density at radius 3 is 2.78 bits per heavy atom. The molecule has 118 valence electrons. The van der Waals surface area contributed by atoms with E-state index in [1.807, 2.05) is 38.4 Å². The van der Waals surface area contributed by atoms with Crippen LogP contribution < -0.4 is 0 Å². The maximum absolute atomic E-state index is 14.3. The normalized spacial score (nSPS) is 11.5. The molecule has 0 fully saturated rings. The molecular weight excluding hydrogens is 315 g/mol. The summed E-state index contributed by atoms with van der Waals surface area (Å²) in [7, 11) is 3.74. The van der Waals surface area contributed by atoms with E-state index >= 15 is 0 Å². The summed E-state index contributed by atoms with van der Waals surface area (Å²) in [6.07, 6.45) is 1.65. The van der Waals surface area contributed by atoms with E-state index in [0.717, 1.165) is 5.56 Å². The van der Waals surface area contributed by atoms with Crippen molar-refractivity contribution in [3.8, 4) is 0 Å². The zero-order chi connectivity index (χ0) is 16.4. The highest BCUT2D eigenvalue weighted by molar-refractivity contribution is 6.30. The summed E-state index contributed by atoms with van der Waals surface area (Å²) >= 11 is 6.02. The lowest BCUT2D eigenvalue weighted by Gasteiger charge is -2.04. The van der Waals surface area contributed by atoms with Crippen LogP contribution in [0.15, 0.2) is 47.5 Å². The molecule has 0 saturated heterocycles. The van der Waals surface area contributed by atoms with Crippen molar-refractivity contribution >= 4 is 34.7 Å². The molecule has 0 unspecified atom stereocenters. The molecule has 0 atom stereocenters. The lowest BCUT2D eigenvalue weighted by molar-refractivity contribution is 0.616. The number of fused-ring (bicyclic) bond motifs is 1. The van der Waals surface area contributed by atoms with Gasteiger partial charge < -0.3 is 4.90 Å². The molecule has 0 radical (unpaired) electrons. The van der Waals surface area contributed by atoms with Gasteiger partial charge in [0.2, 0.25) is 0 Å². The van der Waals surface area contributed by atoms with E-state index in [0.29, 0.717) is 28.3 Å². The van der Waals surface area contributed by atoms with Crippen molar-refractivity contribution in [2.45, 2.75) is 6.54 Å². The maximum atomic E-state index is 14.3. The van der Waals surface area contributed by atoms with Gasteiger partial charge in [0.05, 0.1) is 12.9 Å². The summed E-state index contributed by atoms with van der Waals surface area (Å²) in [4.78, 5) is 6.14. The largest absolute Gasteiger partial charge is 0.369 e. The van der Waals surface area contributed by atoms with Gasteiger partial charge in [-0.25, -0.2) is 9.38 Å². The summed E-state index contributed by atoms with van der Waals surface area (Å²) in [5, 5.41) is 5.79. The number of aliphatic imine (C=N–C) groups is 1. The Bertz CT molecular complexity index is 870. The third-order valence-electron chi connectivity index (χ3n) is 3.33. The van der Waals surface area contributed by atoms with Crippen molar-refractivity contribution in [2.24, 2.45) is 4.99 Å². The van der Waals surface area contributed by atoms with Crippen LogP contribution in [0.3, 0.4) is 0 Å². The highest BCUT2D eigenvalue weighted by atomic mass is 35.5. The summed E-state index contributed by atoms with van der Waals surface area (Å²) in [6, 6.07) is 12.4. The molecule has 23 heavy (non-hydrogen) atoms. The summed E-state index contributed by atoms with van der Waals surface area (Å²) in [5.41, 5.74) is 1.40. The fourth-order valence-electron chi connectivity index (χ4n) is 2.36. The number of para-hydroxylation sites is 1. The van der Waals surface area contributed by atoms with Gasteiger partial charge in [-0.05, 0) is 29.8 Å². The van der Waals surface area contributed by atoms with Crippen LogP contribution in [0, 0.1) is 5.82 Å². The molecule has 4 nitrogen and oxygen atoms in total. The van der Waals surface area contributed by atoms with Crippen molar-refractivity contribution in [3.63, 3.8) is 0 Å². The van der Waals surface area contributed by atoms with Crippen LogP contribution in [0.25, 0.3) is 10.9 Å². The van der Waals surface area contributed by atoms with E-state index in [9.17, 15) is 4.39 Å². The molecule has 0 spiro atoms. The van der Waals surface area contributed by atoms with Crippen molar-refractivity contribution in [1.82, 2.24) is 14.7 Å². The molecule has 0 N–H and O–H groups in total. The Kier molecular flexibility index (Phi) is 4.30. The number of aromatic nitrogens is 2. The van der Waals surface area contributed by atoms with Crippen LogP contribution >= 0.6 is 11.6 Å². The molecule has 3 rings (SSSR count). The van der Waals surface area contributed by atoms with E-state index < -0.39 is 0 Å². The quantitative estimate of drug-likeness (QED) is 0.533. The van der Waals surface area contributed by atoms with E-state index in [-0.39, 0.29) is 5.82 Å². The Balaban J connectivity index is 2.09. The van der Waals surface area contributed by atoms with Gasteiger partial charge in [-0.1, -0.05) is 29.8 Å². The number of halogens is 2. The molecule has 2 aromatic carbocycles. The van der Waals surface area contributed by atoms with Crippen LogP contribution in [0.1, 0.15) is 5.56 Å². The molecule has 0 aliphatic heterocycles. The lowest BCUT2D eigenvalue weighted by atomic mass is 10.2. The van der Waals surface area contributed by atoms with Gasteiger partial charge >= 0.3 is 0 Å². The average Bonchev–Trinajstić information content (AvgIpc) is 2.84. The third kappa shape index (κ3) is 3.35. The topological polar surface area (TPSA) is 33.4 Å². The minimum Gasteiger partial charge on any atom is -0.369 e. The van der Waals surface area contributed by atoms with Crippen molar-refractivity contribution in [2.75, 3.05) is 14.1 Å². The summed E-state index contributed by atoms with van der Waals surface area (Å²) in [5.74, 6) is 0.179. The molecule has 1 aromatic heterocycles. The predicted molar refractivity (Wildman–Crippen MR) is 92.1 cm³/mol. The molecule has 0 bridgehead atoms. The first-order valence-electron chi connectivity index (χ1n) is 7.14. The number of hydrogen-bond donors (Lipinski definition) is 0. The number of hydrogen-bond acceptors (Lipinski definition) is 2. The van der Waals surface area contributed by atoms with Crippen molar-refractivity contribution in [3.05, 3.63) is 58.9 Å². The third-order valence-corrected chi connectivity index (χ3v) is 3.57. The zero-order valence-electron chi connectivity index (χ0n) is 12.9. The number of benzene rings is 2. The summed E-state index contributed by atoms with van der Waals surface area (Å²) < 4.78 is 15.9. The molecule has 3 aromatic rings. The van der Waals surface area contributed by atoms with E-state index in [1.54, 1.807) is 28.1 Å². The molecule has 1 heterocycles. The Hall–Kier alpha value is -2.40. The first kappa shape index (κ1) is 15.5. The van der Waals surface area contributed by atoms with Crippen LogP contribution in [-0.2, 0) is 6.54 Å².